The van der Waals surface area contributed by atoms with E-state index < -0.39 is 6.03 Å². The number of urea groups is 1. The maximum Gasteiger partial charge on any atom is 0.316 e. The molecule has 0 aromatic heterocycles. The molecule has 25 heavy (non-hydrogen) atoms. The molecule has 4 N–H and O–H groups in total. The van der Waals surface area contributed by atoms with Gasteiger partial charge >= 0.3 is 6.03 Å². The summed E-state index contributed by atoms with van der Waals surface area (Å²) in [6.45, 7) is 1.94. The first-order valence-corrected chi connectivity index (χ1v) is 8.62. The van der Waals surface area contributed by atoms with Crippen LogP contribution in [0.3, 0.4) is 0 Å². The highest BCUT2D eigenvalue weighted by Crippen LogP contribution is 2.23. The summed E-state index contributed by atoms with van der Waals surface area (Å²) in [5.74, 6) is -0.0692. The predicted molar refractivity (Wildman–Crippen MR) is 98.6 cm³/mol. The Morgan fingerprint density at radius 3 is 2.36 bits per heavy atom. The lowest BCUT2D eigenvalue weighted by atomic mass is 9.90. The second-order valence-electron chi connectivity index (χ2n) is 6.50. The smallest absolute Gasteiger partial charge is 0.316 e. The standard InChI is InChI=1S/C20H23N3O2/c1-13(14-8-10-18(11-9-14)23-20(21)25)22-19(24)17-7-6-15-4-2-3-5-16(15)12-17/h6-13H,2-5H2,1H3,(H,22,24)(H3,21,23,25). The largest absolute Gasteiger partial charge is 0.351 e. The molecule has 1 aliphatic carbocycles. The normalized spacial score (nSPS) is 14.3. The van der Waals surface area contributed by atoms with Crippen LogP contribution in [0.25, 0.3) is 0 Å². The van der Waals surface area contributed by atoms with Crippen molar-refractivity contribution in [3.8, 4) is 0 Å². The number of carbonyl (C=O) groups is 2. The van der Waals surface area contributed by atoms with E-state index in [4.69, 9.17) is 5.73 Å². The molecule has 0 aliphatic heterocycles. The first-order valence-electron chi connectivity index (χ1n) is 8.62. The maximum absolute atomic E-state index is 12.5. The third kappa shape index (κ3) is 4.18. The van der Waals surface area contributed by atoms with E-state index in [-0.39, 0.29) is 11.9 Å². The van der Waals surface area contributed by atoms with Gasteiger partial charge in [-0.05, 0) is 73.6 Å². The first kappa shape index (κ1) is 17.0. The van der Waals surface area contributed by atoms with Crippen molar-refractivity contribution in [2.24, 2.45) is 5.73 Å². The number of nitrogens with one attached hydrogen (secondary N) is 2. The number of nitrogens with two attached hydrogens (primary N) is 1. The van der Waals surface area contributed by atoms with Crippen molar-refractivity contribution in [2.75, 3.05) is 5.32 Å². The molecule has 0 saturated heterocycles. The summed E-state index contributed by atoms with van der Waals surface area (Å²) in [6.07, 6.45) is 4.59. The van der Waals surface area contributed by atoms with E-state index in [0.29, 0.717) is 11.3 Å². The van der Waals surface area contributed by atoms with Gasteiger partial charge in [0.15, 0.2) is 0 Å². The van der Waals surface area contributed by atoms with Gasteiger partial charge in [-0.1, -0.05) is 18.2 Å². The minimum atomic E-state index is -0.596. The van der Waals surface area contributed by atoms with Crippen LogP contribution in [0.4, 0.5) is 10.5 Å². The molecule has 0 spiro atoms. The minimum Gasteiger partial charge on any atom is -0.351 e. The van der Waals surface area contributed by atoms with Gasteiger partial charge in [-0.2, -0.15) is 0 Å². The highest BCUT2D eigenvalue weighted by molar-refractivity contribution is 5.94. The van der Waals surface area contributed by atoms with E-state index in [1.54, 1.807) is 12.1 Å². The van der Waals surface area contributed by atoms with Gasteiger partial charge in [0.1, 0.15) is 0 Å². The van der Waals surface area contributed by atoms with E-state index in [0.717, 1.165) is 18.4 Å². The third-order valence-electron chi connectivity index (χ3n) is 4.64. The lowest BCUT2D eigenvalue weighted by Crippen LogP contribution is -2.27. The summed E-state index contributed by atoms with van der Waals surface area (Å²) in [5.41, 5.74) is 10.1. The van der Waals surface area contributed by atoms with Crippen LogP contribution >= 0.6 is 0 Å². The summed E-state index contributed by atoms with van der Waals surface area (Å²) < 4.78 is 0. The first-order chi connectivity index (χ1) is 12.0. The molecule has 1 unspecified atom stereocenters. The molecule has 5 heteroatoms. The van der Waals surface area contributed by atoms with Crippen molar-refractivity contribution in [1.82, 2.24) is 5.32 Å². The predicted octanol–water partition coefficient (Wildman–Crippen LogP) is 3.55. The maximum atomic E-state index is 12.5. The quantitative estimate of drug-likeness (QED) is 0.797. The van der Waals surface area contributed by atoms with Gasteiger partial charge in [-0.25, -0.2) is 4.79 Å². The van der Waals surface area contributed by atoms with Crippen LogP contribution in [0.15, 0.2) is 42.5 Å². The SMILES string of the molecule is CC(NC(=O)c1ccc2c(c1)CCCC2)c1ccc(NC(N)=O)cc1. The Bertz CT molecular complexity index is 784. The number of benzene rings is 2. The van der Waals surface area contributed by atoms with Crippen molar-refractivity contribution in [3.05, 3.63) is 64.7 Å². The van der Waals surface area contributed by atoms with E-state index in [1.165, 1.54) is 24.0 Å². The molecular weight excluding hydrogens is 314 g/mol. The van der Waals surface area contributed by atoms with Crippen LogP contribution in [0.2, 0.25) is 0 Å². The second-order valence-corrected chi connectivity index (χ2v) is 6.50. The Kier molecular flexibility index (Phi) is 5.03. The molecule has 1 aliphatic rings. The molecular formula is C20H23N3O2. The van der Waals surface area contributed by atoms with Gasteiger partial charge in [0.25, 0.3) is 5.91 Å². The fraction of sp³-hybridized carbons (Fsp3) is 0.300. The molecule has 2 aromatic rings. The summed E-state index contributed by atoms with van der Waals surface area (Å²) >= 11 is 0. The van der Waals surface area contributed by atoms with Crippen molar-refractivity contribution in [2.45, 2.75) is 38.6 Å². The zero-order valence-electron chi connectivity index (χ0n) is 14.3. The minimum absolute atomic E-state index is 0.0692. The summed E-state index contributed by atoms with van der Waals surface area (Å²) in [6, 6.07) is 12.5. The average molecular weight is 337 g/mol. The van der Waals surface area contributed by atoms with Crippen LogP contribution in [0.5, 0.6) is 0 Å². The monoisotopic (exact) mass is 337 g/mol. The van der Waals surface area contributed by atoms with Crippen LogP contribution in [-0.2, 0) is 12.8 Å². The zero-order valence-corrected chi connectivity index (χ0v) is 14.3. The molecule has 3 amide bonds. The van der Waals surface area contributed by atoms with Crippen LogP contribution < -0.4 is 16.4 Å². The van der Waals surface area contributed by atoms with E-state index >= 15 is 0 Å². The Balaban J connectivity index is 1.66. The summed E-state index contributed by atoms with van der Waals surface area (Å²) in [4.78, 5) is 23.4. The van der Waals surface area contributed by atoms with E-state index in [1.807, 2.05) is 31.2 Å². The zero-order chi connectivity index (χ0) is 17.8. The summed E-state index contributed by atoms with van der Waals surface area (Å²) in [7, 11) is 0. The molecule has 0 fully saturated rings. The molecule has 0 radical (unpaired) electrons. The molecule has 1 atom stereocenters. The Hall–Kier alpha value is -2.82. The van der Waals surface area contributed by atoms with Crippen molar-refractivity contribution in [1.29, 1.82) is 0 Å². The van der Waals surface area contributed by atoms with Gasteiger partial charge < -0.3 is 16.4 Å². The summed E-state index contributed by atoms with van der Waals surface area (Å²) in [5, 5.41) is 5.55. The van der Waals surface area contributed by atoms with Crippen LogP contribution in [-0.4, -0.2) is 11.9 Å². The third-order valence-corrected chi connectivity index (χ3v) is 4.64. The van der Waals surface area contributed by atoms with E-state index in [2.05, 4.69) is 16.7 Å². The number of carbonyl (C=O) groups excluding carboxylic acids is 2. The molecule has 0 saturated carbocycles. The molecule has 2 aromatic carbocycles. The number of fused-ring (bicyclic) bond motifs is 1. The van der Waals surface area contributed by atoms with Crippen molar-refractivity contribution < 1.29 is 9.59 Å². The van der Waals surface area contributed by atoms with Gasteiger partial charge in [0.05, 0.1) is 6.04 Å². The highest BCUT2D eigenvalue weighted by atomic mass is 16.2. The highest BCUT2D eigenvalue weighted by Gasteiger charge is 2.15. The van der Waals surface area contributed by atoms with Gasteiger partial charge in [-0.15, -0.1) is 0 Å². The molecule has 130 valence electrons. The number of primary amides is 1. The number of hydrogen-bond acceptors (Lipinski definition) is 2. The molecule has 5 nitrogen and oxygen atoms in total. The number of amides is 3. The van der Waals surface area contributed by atoms with Crippen molar-refractivity contribution in [3.63, 3.8) is 0 Å². The number of aryl methyl sites for hydroxylation is 2. The van der Waals surface area contributed by atoms with Gasteiger partial charge in [0, 0.05) is 11.3 Å². The lowest BCUT2D eigenvalue weighted by Gasteiger charge is -2.18. The number of hydrogen-bond donors (Lipinski definition) is 3. The second kappa shape index (κ2) is 7.38. The Morgan fingerprint density at radius 1 is 1.00 bits per heavy atom. The molecule has 0 heterocycles. The molecule has 0 bridgehead atoms. The van der Waals surface area contributed by atoms with Crippen LogP contribution in [0.1, 0.15) is 52.9 Å². The number of anilines is 1. The fourth-order valence-electron chi connectivity index (χ4n) is 3.24. The van der Waals surface area contributed by atoms with Gasteiger partial charge in [0.2, 0.25) is 0 Å². The Labute approximate surface area is 147 Å². The number of rotatable bonds is 4. The van der Waals surface area contributed by atoms with Crippen molar-refractivity contribution >= 4 is 17.6 Å². The van der Waals surface area contributed by atoms with Crippen LogP contribution in [0, 0.1) is 0 Å². The molecule has 3 rings (SSSR count). The fourth-order valence-corrected chi connectivity index (χ4v) is 3.24. The topological polar surface area (TPSA) is 84.2 Å². The lowest BCUT2D eigenvalue weighted by molar-refractivity contribution is 0.0939. The van der Waals surface area contributed by atoms with E-state index in [9.17, 15) is 9.59 Å². The van der Waals surface area contributed by atoms with Gasteiger partial charge in [-0.3, -0.25) is 4.79 Å². The average Bonchev–Trinajstić information content (AvgIpc) is 2.61. The Morgan fingerprint density at radius 2 is 1.68 bits per heavy atom.